The van der Waals surface area contributed by atoms with Crippen molar-refractivity contribution >= 4 is 5.97 Å². The molecule has 0 radical (unpaired) electrons. The van der Waals surface area contributed by atoms with Gasteiger partial charge in [-0.2, -0.15) is 0 Å². The number of aryl methyl sites for hydroxylation is 4. The van der Waals surface area contributed by atoms with Gasteiger partial charge in [0.05, 0.1) is 12.5 Å². The van der Waals surface area contributed by atoms with E-state index in [4.69, 9.17) is 9.52 Å². The van der Waals surface area contributed by atoms with Gasteiger partial charge in [0.25, 0.3) is 0 Å². The molecule has 0 aliphatic rings. The summed E-state index contributed by atoms with van der Waals surface area (Å²) in [6.45, 7) is 15.1. The van der Waals surface area contributed by atoms with Crippen molar-refractivity contribution < 1.29 is 19.4 Å². The second kappa shape index (κ2) is 11.7. The van der Waals surface area contributed by atoms with Gasteiger partial charge in [0, 0.05) is 17.4 Å². The minimum atomic E-state index is -0.820. The van der Waals surface area contributed by atoms with Crippen molar-refractivity contribution in [1.29, 1.82) is 0 Å². The molecule has 0 saturated carbocycles. The lowest BCUT2D eigenvalue weighted by molar-refractivity contribution is -0.137. The molecule has 4 heteroatoms. The molecule has 1 heterocycles. The summed E-state index contributed by atoms with van der Waals surface area (Å²) in [6, 6.07) is 17.3. The highest BCUT2D eigenvalue weighted by atomic mass is 16.4. The molecule has 3 rings (SSSR count). The Bertz CT molecular complexity index is 1210. The van der Waals surface area contributed by atoms with Crippen molar-refractivity contribution in [2.24, 2.45) is 5.41 Å². The number of aliphatic hydroxyl groups is 1. The number of carboxylic acid groups (broad SMARTS) is 1. The molecule has 4 nitrogen and oxygen atoms in total. The lowest BCUT2D eigenvalue weighted by Crippen LogP contribution is -2.27. The summed E-state index contributed by atoms with van der Waals surface area (Å²) < 4.78 is 5.97. The van der Waals surface area contributed by atoms with E-state index < -0.39 is 5.97 Å². The zero-order valence-electron chi connectivity index (χ0n) is 23.6. The van der Waals surface area contributed by atoms with Gasteiger partial charge in [0.15, 0.2) is 0 Å². The Labute approximate surface area is 222 Å². The Morgan fingerprint density at radius 1 is 0.892 bits per heavy atom. The van der Waals surface area contributed by atoms with Crippen LogP contribution in [-0.2, 0) is 23.1 Å². The number of carboxylic acids is 1. The summed E-state index contributed by atoms with van der Waals surface area (Å²) >= 11 is 0. The molecular weight excluding hydrogens is 460 g/mol. The minimum absolute atomic E-state index is 0.0652. The molecule has 2 N–H and O–H groups in total. The Balaban J connectivity index is 1.88. The molecule has 1 atom stereocenters. The average Bonchev–Trinajstić information content (AvgIpc) is 3.31. The number of furan rings is 1. The van der Waals surface area contributed by atoms with Gasteiger partial charge in [-0.1, -0.05) is 71.0 Å². The summed E-state index contributed by atoms with van der Waals surface area (Å²) in [7, 11) is 0. The third kappa shape index (κ3) is 6.54. The van der Waals surface area contributed by atoms with Crippen LogP contribution in [0, 0.1) is 19.3 Å². The zero-order valence-corrected chi connectivity index (χ0v) is 23.6. The summed E-state index contributed by atoms with van der Waals surface area (Å²) in [5, 5.41) is 19.4. The first-order chi connectivity index (χ1) is 17.4. The monoisotopic (exact) mass is 504 g/mol. The van der Waals surface area contributed by atoms with E-state index in [2.05, 4.69) is 84.9 Å². The van der Waals surface area contributed by atoms with Crippen molar-refractivity contribution in [1.82, 2.24) is 0 Å². The van der Waals surface area contributed by atoms with E-state index in [-0.39, 0.29) is 23.4 Å². The molecule has 2 aromatic carbocycles. The highest BCUT2D eigenvalue weighted by Crippen LogP contribution is 2.41. The van der Waals surface area contributed by atoms with Crippen LogP contribution in [0.15, 0.2) is 52.9 Å². The van der Waals surface area contributed by atoms with Crippen LogP contribution in [0.5, 0.6) is 0 Å². The van der Waals surface area contributed by atoms with Crippen LogP contribution in [-0.4, -0.2) is 22.3 Å². The molecule has 0 aliphatic heterocycles. The van der Waals surface area contributed by atoms with Crippen molar-refractivity contribution in [3.8, 4) is 11.3 Å². The van der Waals surface area contributed by atoms with Crippen molar-refractivity contribution in [2.75, 3.05) is 0 Å². The Morgan fingerprint density at radius 3 is 2.05 bits per heavy atom. The third-order valence-electron chi connectivity index (χ3n) is 8.08. The van der Waals surface area contributed by atoms with Crippen LogP contribution < -0.4 is 0 Å². The van der Waals surface area contributed by atoms with E-state index in [1.165, 1.54) is 22.3 Å². The smallest absolute Gasteiger partial charge is 0.303 e. The maximum Gasteiger partial charge on any atom is 0.303 e. The molecule has 1 aromatic heterocycles. The van der Waals surface area contributed by atoms with Crippen molar-refractivity contribution in [2.45, 2.75) is 98.5 Å². The fourth-order valence-electron chi connectivity index (χ4n) is 5.36. The standard InChI is InChI=1S/C33H44O4/c1-8-33(9-2,25-12-10-24(22(3)20-25)11-18-30(34)32(5,6)7)26-13-16-28(23(4)21-26)29-17-14-27(37-29)15-19-31(35)36/h10,12-14,16-17,20-21,30,34H,8-9,11,15,18-19H2,1-7H3,(H,35,36). The second-order valence-corrected chi connectivity index (χ2v) is 11.5. The molecule has 3 aromatic rings. The molecule has 0 amide bonds. The normalized spacial score (nSPS) is 13.1. The van der Waals surface area contributed by atoms with Gasteiger partial charge in [-0.15, -0.1) is 0 Å². The van der Waals surface area contributed by atoms with E-state index in [0.29, 0.717) is 12.2 Å². The number of hydrogen-bond donors (Lipinski definition) is 2. The topological polar surface area (TPSA) is 70.7 Å². The van der Waals surface area contributed by atoms with Crippen LogP contribution in [0.4, 0.5) is 0 Å². The highest BCUT2D eigenvalue weighted by Gasteiger charge is 2.31. The average molecular weight is 505 g/mol. The fourth-order valence-corrected chi connectivity index (χ4v) is 5.36. The van der Waals surface area contributed by atoms with Crippen LogP contribution in [0.1, 0.15) is 93.9 Å². The van der Waals surface area contributed by atoms with Gasteiger partial charge < -0.3 is 14.6 Å². The number of rotatable bonds is 11. The van der Waals surface area contributed by atoms with E-state index in [1.54, 1.807) is 0 Å². The molecule has 0 bridgehead atoms. The Kier molecular flexibility index (Phi) is 9.07. The Morgan fingerprint density at radius 2 is 1.51 bits per heavy atom. The maximum atomic E-state index is 10.9. The highest BCUT2D eigenvalue weighted by molar-refractivity contribution is 5.67. The van der Waals surface area contributed by atoms with E-state index in [0.717, 1.165) is 42.6 Å². The van der Waals surface area contributed by atoms with Gasteiger partial charge >= 0.3 is 5.97 Å². The van der Waals surface area contributed by atoms with Crippen LogP contribution >= 0.6 is 0 Å². The van der Waals surface area contributed by atoms with E-state index in [9.17, 15) is 9.90 Å². The number of aliphatic hydroxyl groups excluding tert-OH is 1. The number of hydrogen-bond acceptors (Lipinski definition) is 3. The third-order valence-corrected chi connectivity index (χ3v) is 8.08. The van der Waals surface area contributed by atoms with Crippen molar-refractivity contribution in [3.63, 3.8) is 0 Å². The van der Waals surface area contributed by atoms with Gasteiger partial charge in [0.2, 0.25) is 0 Å². The van der Waals surface area contributed by atoms with Gasteiger partial charge in [-0.3, -0.25) is 4.79 Å². The van der Waals surface area contributed by atoms with Gasteiger partial charge in [-0.05, 0) is 84.9 Å². The summed E-state index contributed by atoms with van der Waals surface area (Å²) in [5.41, 5.74) is 7.20. The predicted octanol–water partition coefficient (Wildman–Crippen LogP) is 8.03. The first-order valence-electron chi connectivity index (χ1n) is 13.6. The van der Waals surface area contributed by atoms with Gasteiger partial charge in [-0.25, -0.2) is 0 Å². The largest absolute Gasteiger partial charge is 0.481 e. The summed E-state index contributed by atoms with van der Waals surface area (Å²) in [5.74, 6) is 0.656. The number of aliphatic carboxylic acids is 1. The number of benzene rings is 2. The fraction of sp³-hybridized carbons (Fsp3) is 0.485. The molecule has 0 spiro atoms. The van der Waals surface area contributed by atoms with Crippen molar-refractivity contribution in [3.05, 3.63) is 82.1 Å². The predicted molar refractivity (Wildman–Crippen MR) is 151 cm³/mol. The molecule has 37 heavy (non-hydrogen) atoms. The first kappa shape index (κ1) is 28.7. The van der Waals surface area contributed by atoms with Crippen LogP contribution in [0.3, 0.4) is 0 Å². The lowest BCUT2D eigenvalue weighted by Gasteiger charge is -2.34. The van der Waals surface area contributed by atoms with Crippen LogP contribution in [0.25, 0.3) is 11.3 Å². The number of carbonyl (C=O) groups is 1. The zero-order chi connectivity index (χ0) is 27.4. The second-order valence-electron chi connectivity index (χ2n) is 11.5. The van der Waals surface area contributed by atoms with Crippen LogP contribution in [0.2, 0.25) is 0 Å². The van der Waals surface area contributed by atoms with E-state index >= 15 is 0 Å². The van der Waals surface area contributed by atoms with Gasteiger partial charge in [0.1, 0.15) is 11.5 Å². The summed E-state index contributed by atoms with van der Waals surface area (Å²) in [4.78, 5) is 10.9. The summed E-state index contributed by atoms with van der Waals surface area (Å²) in [6.07, 6.45) is 3.76. The molecule has 1 unspecified atom stereocenters. The lowest BCUT2D eigenvalue weighted by atomic mass is 9.69. The van der Waals surface area contributed by atoms with E-state index in [1.807, 2.05) is 12.1 Å². The Hall–Kier alpha value is -2.85. The quantitative estimate of drug-likeness (QED) is 0.277. The SMILES string of the molecule is CCC(CC)(c1ccc(CCC(O)C(C)(C)C)c(C)c1)c1ccc(-c2ccc(CCC(=O)O)o2)c(C)c1. The molecule has 0 aliphatic carbocycles. The molecule has 0 fully saturated rings. The molecule has 0 saturated heterocycles. The molecular formula is C33H44O4. The first-order valence-corrected chi connectivity index (χ1v) is 13.6. The minimum Gasteiger partial charge on any atom is -0.481 e. The maximum absolute atomic E-state index is 10.9. The molecule has 200 valence electrons.